The molecule has 1 aliphatic rings. The molecule has 4 heteroatoms. The summed E-state index contributed by atoms with van der Waals surface area (Å²) in [4.78, 5) is 5.12. The largest absolute Gasteiger partial charge is 0.493 e. The highest BCUT2D eigenvalue weighted by Gasteiger charge is 2.21. The average Bonchev–Trinajstić information content (AvgIpc) is 2.75. The Labute approximate surface area is 169 Å². The van der Waals surface area contributed by atoms with Gasteiger partial charge < -0.3 is 9.47 Å². The minimum atomic E-state index is 0.514. The molecule has 1 fully saturated rings. The lowest BCUT2D eigenvalue weighted by Gasteiger charge is -2.37. The number of piperazine rings is 1. The maximum absolute atomic E-state index is 5.44. The van der Waals surface area contributed by atoms with Gasteiger partial charge in [0.25, 0.3) is 0 Å². The van der Waals surface area contributed by atoms with Crippen molar-refractivity contribution in [2.75, 3.05) is 46.9 Å². The van der Waals surface area contributed by atoms with Gasteiger partial charge in [-0.15, -0.1) is 0 Å². The third-order valence-electron chi connectivity index (χ3n) is 5.48. The van der Waals surface area contributed by atoms with E-state index in [1.54, 1.807) is 14.2 Å². The second-order valence-electron chi connectivity index (χ2n) is 7.39. The van der Waals surface area contributed by atoms with E-state index in [1.807, 2.05) is 6.07 Å². The van der Waals surface area contributed by atoms with Crippen LogP contribution in [-0.2, 0) is 6.42 Å². The second kappa shape index (κ2) is 10.3. The molecule has 0 radical (unpaired) electrons. The van der Waals surface area contributed by atoms with Gasteiger partial charge in [-0.3, -0.25) is 9.80 Å². The van der Waals surface area contributed by atoms with Crippen LogP contribution in [0.2, 0.25) is 0 Å². The molecule has 0 spiro atoms. The lowest BCUT2D eigenvalue weighted by Crippen LogP contribution is -2.50. The molecule has 0 aromatic heterocycles. The smallest absolute Gasteiger partial charge is 0.160 e. The van der Waals surface area contributed by atoms with Crippen molar-refractivity contribution in [2.24, 2.45) is 0 Å². The van der Waals surface area contributed by atoms with E-state index in [0.717, 1.165) is 50.6 Å². The number of methoxy groups -OCH3 is 2. The summed E-state index contributed by atoms with van der Waals surface area (Å²) in [7, 11) is 3.37. The van der Waals surface area contributed by atoms with E-state index >= 15 is 0 Å². The zero-order valence-corrected chi connectivity index (χ0v) is 17.3. The zero-order chi connectivity index (χ0) is 19.8. The van der Waals surface area contributed by atoms with Gasteiger partial charge in [0.1, 0.15) is 0 Å². The molecule has 1 unspecified atom stereocenters. The summed E-state index contributed by atoms with van der Waals surface area (Å²) in [6.07, 6.45) is 5.51. The Kier molecular flexibility index (Phi) is 7.52. The molecule has 1 aliphatic heterocycles. The predicted molar refractivity (Wildman–Crippen MR) is 116 cm³/mol. The van der Waals surface area contributed by atoms with Crippen LogP contribution in [0, 0.1) is 0 Å². The fraction of sp³-hybridized carbons (Fsp3) is 0.417. The van der Waals surface area contributed by atoms with Crippen LogP contribution < -0.4 is 9.47 Å². The van der Waals surface area contributed by atoms with Gasteiger partial charge in [0, 0.05) is 38.8 Å². The van der Waals surface area contributed by atoms with Crippen LogP contribution in [0.25, 0.3) is 6.08 Å². The number of hydrogen-bond donors (Lipinski definition) is 0. The molecule has 2 aromatic carbocycles. The highest BCUT2D eigenvalue weighted by Crippen LogP contribution is 2.28. The number of benzene rings is 2. The quantitative estimate of drug-likeness (QED) is 0.692. The molecule has 28 heavy (non-hydrogen) atoms. The van der Waals surface area contributed by atoms with Crippen LogP contribution in [0.1, 0.15) is 18.1 Å². The fourth-order valence-electron chi connectivity index (χ4n) is 3.77. The lowest BCUT2D eigenvalue weighted by atomic mass is 10.0. The summed E-state index contributed by atoms with van der Waals surface area (Å²) in [5, 5.41) is 0. The molecule has 2 aromatic rings. The Morgan fingerprint density at radius 2 is 1.64 bits per heavy atom. The van der Waals surface area contributed by atoms with Gasteiger partial charge in [-0.2, -0.15) is 0 Å². The number of rotatable bonds is 8. The second-order valence-corrected chi connectivity index (χ2v) is 7.39. The van der Waals surface area contributed by atoms with Gasteiger partial charge in [0.2, 0.25) is 0 Å². The molecule has 4 nitrogen and oxygen atoms in total. The molecule has 0 N–H and O–H groups in total. The third-order valence-corrected chi connectivity index (χ3v) is 5.48. The minimum Gasteiger partial charge on any atom is -0.493 e. The van der Waals surface area contributed by atoms with Crippen molar-refractivity contribution in [3.63, 3.8) is 0 Å². The van der Waals surface area contributed by atoms with E-state index < -0.39 is 0 Å². The molecule has 1 heterocycles. The fourth-order valence-corrected chi connectivity index (χ4v) is 3.77. The summed E-state index contributed by atoms with van der Waals surface area (Å²) in [5.41, 5.74) is 2.56. The van der Waals surface area contributed by atoms with Crippen molar-refractivity contribution in [3.05, 3.63) is 65.7 Å². The number of hydrogen-bond acceptors (Lipinski definition) is 4. The maximum atomic E-state index is 5.44. The van der Waals surface area contributed by atoms with Gasteiger partial charge >= 0.3 is 0 Å². The van der Waals surface area contributed by atoms with Crippen LogP contribution in [0.3, 0.4) is 0 Å². The van der Waals surface area contributed by atoms with Gasteiger partial charge in [-0.1, -0.05) is 48.6 Å². The first-order chi connectivity index (χ1) is 13.7. The summed E-state index contributed by atoms with van der Waals surface area (Å²) in [5.74, 6) is 1.60. The standard InChI is InChI=1S/C24H32N2O2/c1-20(18-22-11-12-23(27-2)24(19-22)28-3)26-16-14-25(15-17-26)13-7-10-21-8-5-4-6-9-21/h4-12,19-20H,13-18H2,1-3H3/b10-7+. The van der Waals surface area contributed by atoms with Crippen molar-refractivity contribution in [3.8, 4) is 11.5 Å². The van der Waals surface area contributed by atoms with E-state index in [2.05, 4.69) is 71.3 Å². The molecule has 150 valence electrons. The van der Waals surface area contributed by atoms with Gasteiger partial charge in [-0.25, -0.2) is 0 Å². The van der Waals surface area contributed by atoms with Crippen LogP contribution in [0.5, 0.6) is 11.5 Å². The Balaban J connectivity index is 1.46. The molecule has 1 atom stereocenters. The normalized spacial score (nSPS) is 17.0. The van der Waals surface area contributed by atoms with Gasteiger partial charge in [0.05, 0.1) is 14.2 Å². The number of nitrogens with zero attached hydrogens (tertiary/aromatic N) is 2. The van der Waals surface area contributed by atoms with Crippen LogP contribution in [0.15, 0.2) is 54.6 Å². The molecule has 0 bridgehead atoms. The van der Waals surface area contributed by atoms with Crippen LogP contribution >= 0.6 is 0 Å². The molecule has 0 amide bonds. The molecule has 0 aliphatic carbocycles. The van der Waals surface area contributed by atoms with Crippen molar-refractivity contribution in [1.82, 2.24) is 9.80 Å². The molecular weight excluding hydrogens is 348 g/mol. The maximum Gasteiger partial charge on any atom is 0.160 e. The van der Waals surface area contributed by atoms with E-state index in [-0.39, 0.29) is 0 Å². The monoisotopic (exact) mass is 380 g/mol. The lowest BCUT2D eigenvalue weighted by molar-refractivity contribution is 0.110. The van der Waals surface area contributed by atoms with Crippen molar-refractivity contribution in [2.45, 2.75) is 19.4 Å². The first-order valence-electron chi connectivity index (χ1n) is 10.1. The Bertz CT molecular complexity index is 752. The van der Waals surface area contributed by atoms with E-state index in [1.165, 1.54) is 11.1 Å². The summed E-state index contributed by atoms with van der Waals surface area (Å²) < 4.78 is 10.8. The third kappa shape index (κ3) is 5.60. The Morgan fingerprint density at radius 3 is 2.32 bits per heavy atom. The van der Waals surface area contributed by atoms with Crippen LogP contribution in [0.4, 0.5) is 0 Å². The van der Waals surface area contributed by atoms with Crippen molar-refractivity contribution in [1.29, 1.82) is 0 Å². The molecule has 1 saturated heterocycles. The molecular formula is C24H32N2O2. The summed E-state index contributed by atoms with van der Waals surface area (Å²) >= 11 is 0. The molecule has 0 saturated carbocycles. The van der Waals surface area contributed by atoms with E-state index in [0.29, 0.717) is 6.04 Å². The van der Waals surface area contributed by atoms with Crippen molar-refractivity contribution < 1.29 is 9.47 Å². The minimum absolute atomic E-state index is 0.514. The Morgan fingerprint density at radius 1 is 0.929 bits per heavy atom. The number of ether oxygens (including phenoxy) is 2. The summed E-state index contributed by atoms with van der Waals surface area (Å²) in [6, 6.07) is 17.3. The van der Waals surface area contributed by atoms with E-state index in [9.17, 15) is 0 Å². The Hall–Kier alpha value is -2.30. The SMILES string of the molecule is COc1ccc(CC(C)N2CCN(C/C=C/c3ccccc3)CC2)cc1OC. The first-order valence-corrected chi connectivity index (χ1v) is 10.1. The topological polar surface area (TPSA) is 24.9 Å². The average molecular weight is 381 g/mol. The predicted octanol–water partition coefficient (Wildman–Crippen LogP) is 3.97. The van der Waals surface area contributed by atoms with Gasteiger partial charge in [0.15, 0.2) is 11.5 Å². The highest BCUT2D eigenvalue weighted by atomic mass is 16.5. The summed E-state index contributed by atoms with van der Waals surface area (Å²) in [6.45, 7) is 7.82. The van der Waals surface area contributed by atoms with E-state index in [4.69, 9.17) is 9.47 Å². The first kappa shape index (κ1) is 20.4. The zero-order valence-electron chi connectivity index (χ0n) is 17.3. The molecule has 3 rings (SSSR count). The van der Waals surface area contributed by atoms with Crippen LogP contribution in [-0.4, -0.2) is 62.8 Å². The van der Waals surface area contributed by atoms with Crippen molar-refractivity contribution >= 4 is 6.08 Å². The van der Waals surface area contributed by atoms with Gasteiger partial charge in [-0.05, 0) is 36.6 Å². The highest BCUT2D eigenvalue weighted by molar-refractivity contribution is 5.48.